The lowest BCUT2D eigenvalue weighted by atomic mass is 9.99. The lowest BCUT2D eigenvalue weighted by Gasteiger charge is -2.11. The summed E-state index contributed by atoms with van der Waals surface area (Å²) in [6, 6.07) is 8.10. The summed E-state index contributed by atoms with van der Waals surface area (Å²) in [5.41, 5.74) is 1.04. The monoisotopic (exact) mass is 447 g/mol. The summed E-state index contributed by atoms with van der Waals surface area (Å²) in [4.78, 5) is 28.8. The molecule has 0 radical (unpaired) electrons. The van der Waals surface area contributed by atoms with E-state index in [0.717, 1.165) is 4.47 Å². The molecule has 1 heterocycles. The van der Waals surface area contributed by atoms with Gasteiger partial charge in [-0.05, 0) is 37.3 Å². The number of H-pyrrole nitrogens is 1. The molecule has 1 aromatic heterocycles. The van der Waals surface area contributed by atoms with Gasteiger partial charge in [-0.3, -0.25) is 4.79 Å². The highest BCUT2D eigenvalue weighted by molar-refractivity contribution is 9.10. The molecule has 3 rings (SSSR count). The Hall–Kier alpha value is -3.00. The van der Waals surface area contributed by atoms with Gasteiger partial charge >= 0.3 is 5.97 Å². The van der Waals surface area contributed by atoms with Crippen LogP contribution in [-0.2, 0) is 4.74 Å². The van der Waals surface area contributed by atoms with Crippen LogP contribution in [0, 0.1) is 0 Å². The molecule has 0 amide bonds. The summed E-state index contributed by atoms with van der Waals surface area (Å²) in [5.74, 6) is -1.11. The largest absolute Gasteiger partial charge is 0.502 e. The number of halogens is 1. The van der Waals surface area contributed by atoms with Crippen molar-refractivity contribution < 1.29 is 28.9 Å². The molecule has 0 bridgehead atoms. The SMILES string of the molecule is CCOC(=O)c1[nH]c2ccc(Br)cc2c1C(=O)c1cc(OC)c(O)c(OC)c1. The number of fused-ring (bicyclic) bond motifs is 1. The van der Waals surface area contributed by atoms with Crippen molar-refractivity contribution in [3.63, 3.8) is 0 Å². The van der Waals surface area contributed by atoms with Crippen LogP contribution in [0.1, 0.15) is 33.3 Å². The quantitative estimate of drug-likeness (QED) is 0.436. The van der Waals surface area contributed by atoms with E-state index in [1.54, 1.807) is 25.1 Å². The highest BCUT2D eigenvalue weighted by atomic mass is 79.9. The Morgan fingerprint density at radius 3 is 2.32 bits per heavy atom. The van der Waals surface area contributed by atoms with Gasteiger partial charge in [0.15, 0.2) is 17.3 Å². The summed E-state index contributed by atoms with van der Waals surface area (Å²) < 4.78 is 16.1. The van der Waals surface area contributed by atoms with Gasteiger partial charge in [0.1, 0.15) is 5.69 Å². The van der Waals surface area contributed by atoms with E-state index in [9.17, 15) is 14.7 Å². The molecule has 0 aliphatic heterocycles. The van der Waals surface area contributed by atoms with E-state index < -0.39 is 11.8 Å². The number of aromatic nitrogens is 1. The van der Waals surface area contributed by atoms with Crippen molar-refractivity contribution in [3.8, 4) is 17.2 Å². The number of aromatic amines is 1. The van der Waals surface area contributed by atoms with Crippen LogP contribution in [0.15, 0.2) is 34.8 Å². The van der Waals surface area contributed by atoms with Crippen molar-refractivity contribution in [2.24, 2.45) is 0 Å². The van der Waals surface area contributed by atoms with E-state index in [4.69, 9.17) is 14.2 Å². The van der Waals surface area contributed by atoms with Crippen molar-refractivity contribution in [3.05, 3.63) is 51.6 Å². The molecule has 0 saturated heterocycles. The van der Waals surface area contributed by atoms with Crippen molar-refractivity contribution >= 4 is 38.6 Å². The van der Waals surface area contributed by atoms with Gasteiger partial charge in [-0.2, -0.15) is 0 Å². The normalized spacial score (nSPS) is 10.7. The third-order valence-electron chi connectivity index (χ3n) is 4.21. The lowest BCUT2D eigenvalue weighted by molar-refractivity contribution is 0.0518. The Labute approximate surface area is 169 Å². The molecule has 8 heteroatoms. The molecule has 28 heavy (non-hydrogen) atoms. The first-order valence-electron chi connectivity index (χ1n) is 8.39. The molecule has 0 spiro atoms. The average Bonchev–Trinajstić information content (AvgIpc) is 3.06. The van der Waals surface area contributed by atoms with Crippen LogP contribution in [-0.4, -0.2) is 42.7 Å². The summed E-state index contributed by atoms with van der Waals surface area (Å²) in [7, 11) is 2.74. The van der Waals surface area contributed by atoms with Crippen LogP contribution in [0.4, 0.5) is 0 Å². The molecule has 0 aliphatic rings. The van der Waals surface area contributed by atoms with E-state index in [2.05, 4.69) is 20.9 Å². The number of carbonyl (C=O) groups is 2. The lowest BCUT2D eigenvalue weighted by Crippen LogP contribution is -2.12. The molecular formula is C20H18BrNO6. The highest BCUT2D eigenvalue weighted by Gasteiger charge is 2.27. The Bertz CT molecular complexity index is 1050. The molecule has 3 aromatic rings. The second-order valence-corrected chi connectivity index (χ2v) is 6.76. The number of ketones is 1. The number of aromatic hydroxyl groups is 1. The number of hydrogen-bond acceptors (Lipinski definition) is 6. The number of carbonyl (C=O) groups excluding carboxylic acids is 2. The number of ether oxygens (including phenoxy) is 3. The van der Waals surface area contributed by atoms with Gasteiger partial charge in [-0.15, -0.1) is 0 Å². The molecule has 2 aromatic carbocycles. The minimum Gasteiger partial charge on any atom is -0.502 e. The Balaban J connectivity index is 2.25. The van der Waals surface area contributed by atoms with Gasteiger partial charge in [-0.25, -0.2) is 4.79 Å². The Morgan fingerprint density at radius 2 is 1.75 bits per heavy atom. The van der Waals surface area contributed by atoms with Crippen molar-refractivity contribution in [2.75, 3.05) is 20.8 Å². The van der Waals surface area contributed by atoms with Crippen molar-refractivity contribution in [2.45, 2.75) is 6.92 Å². The number of methoxy groups -OCH3 is 2. The first-order valence-corrected chi connectivity index (χ1v) is 9.18. The number of phenolic OH excluding ortho intramolecular Hbond substituents is 1. The second kappa shape index (κ2) is 7.93. The summed E-state index contributed by atoms with van der Waals surface area (Å²) >= 11 is 3.39. The van der Waals surface area contributed by atoms with Crippen LogP contribution < -0.4 is 9.47 Å². The molecule has 146 valence electrons. The average molecular weight is 448 g/mol. The van der Waals surface area contributed by atoms with E-state index in [1.165, 1.54) is 26.4 Å². The third-order valence-corrected chi connectivity index (χ3v) is 4.70. The standard InChI is InChI=1S/C20H18BrNO6/c1-4-28-20(25)17-16(12-9-11(21)5-6-13(12)22-17)18(23)10-7-14(26-2)19(24)15(8-10)27-3/h5-9,22,24H,4H2,1-3H3. The predicted octanol–water partition coefficient (Wildman–Crippen LogP) is 4.06. The zero-order valence-electron chi connectivity index (χ0n) is 15.5. The van der Waals surface area contributed by atoms with E-state index in [-0.39, 0.29) is 40.7 Å². The van der Waals surface area contributed by atoms with Crippen LogP contribution in [0.25, 0.3) is 10.9 Å². The molecule has 0 aliphatic carbocycles. The topological polar surface area (TPSA) is 97.9 Å². The molecule has 0 atom stereocenters. The fourth-order valence-electron chi connectivity index (χ4n) is 2.93. The van der Waals surface area contributed by atoms with E-state index in [0.29, 0.717) is 10.9 Å². The van der Waals surface area contributed by atoms with Gasteiger partial charge in [0, 0.05) is 20.9 Å². The summed E-state index contributed by atoms with van der Waals surface area (Å²) in [6.07, 6.45) is 0. The number of benzene rings is 2. The minimum absolute atomic E-state index is 0.0611. The van der Waals surface area contributed by atoms with Crippen LogP contribution in [0.5, 0.6) is 17.2 Å². The maximum Gasteiger partial charge on any atom is 0.355 e. The Morgan fingerprint density at radius 1 is 1.11 bits per heavy atom. The predicted molar refractivity (Wildman–Crippen MR) is 107 cm³/mol. The van der Waals surface area contributed by atoms with Gasteiger partial charge in [0.2, 0.25) is 5.75 Å². The van der Waals surface area contributed by atoms with Crippen LogP contribution in [0.2, 0.25) is 0 Å². The minimum atomic E-state index is -0.629. The zero-order valence-corrected chi connectivity index (χ0v) is 17.0. The second-order valence-electron chi connectivity index (χ2n) is 5.84. The van der Waals surface area contributed by atoms with Crippen LogP contribution in [0.3, 0.4) is 0 Å². The maximum absolute atomic E-state index is 13.4. The van der Waals surface area contributed by atoms with Gasteiger partial charge in [0.25, 0.3) is 0 Å². The smallest absolute Gasteiger partial charge is 0.355 e. The Kier molecular flexibility index (Phi) is 5.60. The number of hydrogen-bond donors (Lipinski definition) is 2. The molecule has 0 saturated carbocycles. The molecule has 0 unspecified atom stereocenters. The number of nitrogens with one attached hydrogen (secondary N) is 1. The maximum atomic E-state index is 13.4. The molecular weight excluding hydrogens is 430 g/mol. The zero-order chi connectivity index (χ0) is 20.4. The van der Waals surface area contributed by atoms with Gasteiger partial charge in [0.05, 0.1) is 26.4 Å². The third kappa shape index (κ3) is 3.43. The molecule has 2 N–H and O–H groups in total. The summed E-state index contributed by atoms with van der Waals surface area (Å²) in [5, 5.41) is 10.7. The first kappa shape index (κ1) is 19.8. The van der Waals surface area contributed by atoms with E-state index in [1.807, 2.05) is 0 Å². The molecule has 7 nitrogen and oxygen atoms in total. The van der Waals surface area contributed by atoms with Crippen molar-refractivity contribution in [1.29, 1.82) is 0 Å². The van der Waals surface area contributed by atoms with Crippen molar-refractivity contribution in [1.82, 2.24) is 4.98 Å². The summed E-state index contributed by atoms with van der Waals surface area (Å²) in [6.45, 7) is 1.86. The number of phenols is 1. The van der Waals surface area contributed by atoms with E-state index >= 15 is 0 Å². The fourth-order valence-corrected chi connectivity index (χ4v) is 3.29. The number of rotatable bonds is 6. The van der Waals surface area contributed by atoms with Crippen LogP contribution >= 0.6 is 15.9 Å². The first-order chi connectivity index (χ1) is 13.4. The van der Waals surface area contributed by atoms with Gasteiger partial charge < -0.3 is 24.3 Å². The fraction of sp³-hybridized carbons (Fsp3) is 0.200. The number of esters is 1. The molecule has 0 fully saturated rings. The highest BCUT2D eigenvalue weighted by Crippen LogP contribution is 2.38. The van der Waals surface area contributed by atoms with Gasteiger partial charge in [-0.1, -0.05) is 15.9 Å².